The Hall–Kier alpha value is 1.11. The summed E-state index contributed by atoms with van der Waals surface area (Å²) in [7, 11) is 0. The van der Waals surface area contributed by atoms with E-state index in [9.17, 15) is 0 Å². The fraction of sp³-hybridized carbons (Fsp3) is 0.889. The van der Waals surface area contributed by atoms with Crippen LogP contribution in [0.5, 0.6) is 0 Å². The molecule has 0 atom stereocenters. The molecule has 0 saturated carbocycles. The topological polar surface area (TPSA) is 9.23 Å². The first-order valence-electron chi connectivity index (χ1n) is 4.46. The van der Waals surface area contributed by atoms with Crippen LogP contribution in [-0.4, -0.2) is 11.0 Å². The molecule has 0 aliphatic rings. The van der Waals surface area contributed by atoms with E-state index >= 15 is 0 Å². The quantitative estimate of drug-likeness (QED) is 0.275. The molecule has 0 bridgehead atoms. The van der Waals surface area contributed by atoms with Gasteiger partial charge in [0.25, 0.3) is 0 Å². The Balaban J connectivity index is 0. The van der Waals surface area contributed by atoms with E-state index in [1.165, 1.54) is 19.3 Å². The van der Waals surface area contributed by atoms with Gasteiger partial charge in [-0.05, 0) is 12.3 Å². The molecule has 0 aliphatic heterocycles. The molecule has 0 aromatic heterocycles. The minimum atomic E-state index is 0. The minimum Gasteiger partial charge on any atom is -0.514 e. The zero-order valence-corrected chi connectivity index (χ0v) is 12.5. The molecule has 13 heavy (non-hydrogen) atoms. The van der Waals surface area contributed by atoms with Crippen molar-refractivity contribution in [2.75, 3.05) is 6.61 Å². The van der Waals surface area contributed by atoms with Crippen LogP contribution in [0, 0.1) is 5.92 Å². The van der Waals surface area contributed by atoms with E-state index < -0.39 is 0 Å². The molecule has 0 spiro atoms. The van der Waals surface area contributed by atoms with Crippen molar-refractivity contribution in [3.63, 3.8) is 0 Å². The first kappa shape index (κ1) is 16.5. The van der Waals surface area contributed by atoms with Crippen molar-refractivity contribution in [2.24, 2.45) is 5.92 Å². The maximum atomic E-state index is 5.00. The monoisotopic (exact) mass is 228 g/mol. The van der Waals surface area contributed by atoms with Gasteiger partial charge < -0.3 is 29.6 Å². The number of hydrogen-bond acceptors (Lipinski definition) is 3. The largest absolute Gasteiger partial charge is 1.00 e. The zero-order valence-electron chi connectivity index (χ0n) is 8.84. The Morgan fingerprint density at radius 2 is 1.92 bits per heavy atom. The van der Waals surface area contributed by atoms with Crippen LogP contribution in [0.4, 0.5) is 0 Å². The summed E-state index contributed by atoms with van der Waals surface area (Å²) in [5, 5.41) is 0. The van der Waals surface area contributed by atoms with Gasteiger partial charge in [-0.2, -0.15) is 0 Å². The van der Waals surface area contributed by atoms with Gasteiger partial charge in [-0.1, -0.05) is 33.1 Å². The van der Waals surface area contributed by atoms with Gasteiger partial charge in [-0.3, -0.25) is 0 Å². The second-order valence-electron chi connectivity index (χ2n) is 3.34. The van der Waals surface area contributed by atoms with Crippen LogP contribution in [0.3, 0.4) is 0 Å². The van der Waals surface area contributed by atoms with E-state index in [-0.39, 0.29) is 33.9 Å². The van der Waals surface area contributed by atoms with Crippen LogP contribution in [0.2, 0.25) is 0 Å². The second-order valence-corrected chi connectivity index (χ2v) is 4.34. The molecule has 0 radical (unpaired) electrons. The molecule has 4 heteroatoms. The van der Waals surface area contributed by atoms with Crippen molar-refractivity contribution in [3.05, 3.63) is 0 Å². The van der Waals surface area contributed by atoms with Crippen LogP contribution in [0.15, 0.2) is 0 Å². The van der Waals surface area contributed by atoms with Gasteiger partial charge in [0.05, 0.1) is 6.61 Å². The Labute approximate surface area is 115 Å². The van der Waals surface area contributed by atoms with Crippen LogP contribution in [0.25, 0.3) is 0 Å². The van der Waals surface area contributed by atoms with Crippen LogP contribution >= 0.6 is 12.2 Å². The average molecular weight is 228 g/mol. The van der Waals surface area contributed by atoms with Crippen molar-refractivity contribution in [2.45, 2.75) is 39.5 Å². The standard InChI is InChI=1S/C9H18OS2.Na/c1-8(2)6-4-3-5-7-10-9(11)12;/h8H,3-7H2,1-2H3,(H,11,12);/q;+1/p-1. The molecule has 0 aromatic carbocycles. The molecule has 72 valence electrons. The van der Waals surface area contributed by atoms with E-state index in [4.69, 9.17) is 4.74 Å². The molecular weight excluding hydrogens is 211 g/mol. The molecule has 0 amide bonds. The summed E-state index contributed by atoms with van der Waals surface area (Å²) in [5.41, 5.74) is 0. The normalized spacial score (nSPS) is 9.46. The fourth-order valence-corrected chi connectivity index (χ4v) is 1.15. The summed E-state index contributed by atoms with van der Waals surface area (Å²) in [6.07, 6.45) is 4.88. The van der Waals surface area contributed by atoms with Crippen LogP contribution in [-0.2, 0) is 17.4 Å². The van der Waals surface area contributed by atoms with Gasteiger partial charge in [0.15, 0.2) is 0 Å². The number of unbranched alkanes of at least 4 members (excludes halogenated alkanes) is 2. The number of thiocarbonyl (C=S) groups is 1. The molecule has 0 unspecified atom stereocenters. The summed E-state index contributed by atoms with van der Waals surface area (Å²) in [4.78, 5) is 0. The van der Waals surface area contributed by atoms with Gasteiger partial charge in [-0.25, -0.2) is 0 Å². The number of hydrogen-bond donors (Lipinski definition) is 0. The number of ether oxygens (including phenoxy) is 1. The predicted octanol–water partition coefficient (Wildman–Crippen LogP) is 0.0552. The zero-order chi connectivity index (χ0) is 9.40. The Kier molecular flexibility index (Phi) is 14.2. The molecule has 0 saturated heterocycles. The van der Waals surface area contributed by atoms with E-state index in [1.807, 2.05) is 0 Å². The molecule has 1 nitrogen and oxygen atoms in total. The van der Waals surface area contributed by atoms with E-state index in [0.717, 1.165) is 12.3 Å². The Morgan fingerprint density at radius 1 is 1.31 bits per heavy atom. The summed E-state index contributed by atoms with van der Waals surface area (Å²) in [5.74, 6) is 0.811. The average Bonchev–Trinajstić information content (AvgIpc) is 1.95. The third-order valence-corrected chi connectivity index (χ3v) is 1.88. The first-order valence-corrected chi connectivity index (χ1v) is 5.28. The summed E-state index contributed by atoms with van der Waals surface area (Å²) >= 11 is 9.22. The Bertz CT molecular complexity index is 129. The second kappa shape index (κ2) is 11.2. The van der Waals surface area contributed by atoms with Crippen molar-refractivity contribution in [3.8, 4) is 0 Å². The summed E-state index contributed by atoms with van der Waals surface area (Å²) < 4.78 is 5.24. The van der Waals surface area contributed by atoms with E-state index in [0.29, 0.717) is 6.61 Å². The van der Waals surface area contributed by atoms with Crippen molar-refractivity contribution in [1.29, 1.82) is 0 Å². The van der Waals surface area contributed by atoms with Gasteiger partial charge >= 0.3 is 29.6 Å². The maximum Gasteiger partial charge on any atom is 1.00 e. The summed E-state index contributed by atoms with van der Waals surface area (Å²) in [6.45, 7) is 5.18. The predicted molar refractivity (Wildman–Crippen MR) is 59.2 cm³/mol. The maximum absolute atomic E-state index is 5.00. The summed E-state index contributed by atoms with van der Waals surface area (Å²) in [6, 6.07) is 0. The molecule has 0 N–H and O–H groups in total. The molecule has 0 rings (SSSR count). The molecule has 0 fully saturated rings. The van der Waals surface area contributed by atoms with Crippen LogP contribution in [0.1, 0.15) is 39.5 Å². The molecule has 0 aromatic rings. The van der Waals surface area contributed by atoms with Gasteiger partial charge in [0.1, 0.15) is 0 Å². The molecule has 0 aliphatic carbocycles. The van der Waals surface area contributed by atoms with Gasteiger partial charge in [-0.15, -0.1) is 0 Å². The number of rotatable bonds is 6. The molecule has 0 heterocycles. The van der Waals surface area contributed by atoms with Crippen molar-refractivity contribution < 1.29 is 34.3 Å². The molecular formula is C9H17NaOS2. The van der Waals surface area contributed by atoms with Crippen molar-refractivity contribution >= 4 is 29.2 Å². The van der Waals surface area contributed by atoms with Crippen molar-refractivity contribution in [1.82, 2.24) is 0 Å². The van der Waals surface area contributed by atoms with Crippen LogP contribution < -0.4 is 29.6 Å². The smallest absolute Gasteiger partial charge is 0.514 e. The fourth-order valence-electron chi connectivity index (χ4n) is 0.987. The van der Waals surface area contributed by atoms with E-state index in [2.05, 4.69) is 38.7 Å². The van der Waals surface area contributed by atoms with Gasteiger partial charge in [0, 0.05) is 4.38 Å². The third kappa shape index (κ3) is 15.8. The first-order chi connectivity index (χ1) is 5.63. The third-order valence-electron chi connectivity index (χ3n) is 1.65. The SMILES string of the molecule is CC(C)CCCCCOC(=S)[S-].[Na+]. The van der Waals surface area contributed by atoms with Gasteiger partial charge in [0.2, 0.25) is 0 Å². The van der Waals surface area contributed by atoms with E-state index in [1.54, 1.807) is 0 Å². The minimum absolute atomic E-state index is 0. The Morgan fingerprint density at radius 3 is 2.38 bits per heavy atom.